The van der Waals surface area contributed by atoms with E-state index >= 15 is 0 Å². The lowest BCUT2D eigenvalue weighted by atomic mass is 9.98. The summed E-state index contributed by atoms with van der Waals surface area (Å²) in [7, 11) is 0. The van der Waals surface area contributed by atoms with Gasteiger partial charge in [0.1, 0.15) is 73.2 Å². The maximum absolute atomic E-state index is 11.0. The Kier molecular flexibility index (Phi) is 22.6. The van der Waals surface area contributed by atoms with Crippen molar-refractivity contribution < 1.29 is 150 Å². The number of hydrogen-bond acceptors (Lipinski definition) is 30. The highest BCUT2D eigenvalue weighted by atomic mass is 16.7. The highest BCUT2D eigenvalue weighted by Gasteiger charge is 2.50. The van der Waals surface area contributed by atoms with Gasteiger partial charge in [0.15, 0.2) is 58.7 Å². The molecule has 0 aromatic heterocycles. The average Bonchev–Trinajstić information content (AvgIpc) is 3.30. The fourth-order valence-corrected chi connectivity index (χ4v) is 6.57. The lowest BCUT2D eigenvalue weighted by Crippen LogP contribution is -2.61. The maximum Gasteiger partial charge on any atom is 0.218 e. The van der Waals surface area contributed by atoms with Gasteiger partial charge in [0.2, 0.25) is 25.2 Å². The van der Waals surface area contributed by atoms with Crippen LogP contribution < -0.4 is 0 Å². The van der Waals surface area contributed by atoms with Gasteiger partial charge in [0, 0.05) is 52.1 Å². The van der Waals surface area contributed by atoms with Gasteiger partial charge in [0.25, 0.3) is 0 Å². The SMILES string of the molecule is OCCC1OC(O)/C(O)=C(\O)C(CCO)OC2OC(CO)C(OC(O)/C(O)=C(\O)C(CCO)OC3OC(CO)C(OC(O)/C(O)=C(\O)C(CCO)OC(O)C(O)=C1O)C(O)C3O)C(O)C2O. The molecule has 22 N–H and O–H groups in total. The van der Waals surface area contributed by atoms with Gasteiger partial charge in [-0.2, -0.15) is 0 Å². The topological polar surface area (TPSA) is 519 Å². The first kappa shape index (κ1) is 56.8. The molecule has 0 aromatic carbocycles. The van der Waals surface area contributed by atoms with Crippen molar-refractivity contribution in [1.82, 2.24) is 0 Å². The summed E-state index contributed by atoms with van der Waals surface area (Å²) in [4.78, 5) is 0. The zero-order chi connectivity index (χ0) is 49.7. The first-order chi connectivity index (χ1) is 31.1. The predicted octanol–water partition coefficient (Wildman–Crippen LogP) is -6.70. The van der Waals surface area contributed by atoms with Gasteiger partial charge in [-0.3, -0.25) is 0 Å². The van der Waals surface area contributed by atoms with E-state index in [0.717, 1.165) is 0 Å². The molecule has 5 heterocycles. The fraction of sp³-hybridized carbons (Fsp3) is 0.778. The molecule has 18 atom stereocenters. The third kappa shape index (κ3) is 13.8. The second kappa shape index (κ2) is 26.3. The molecule has 384 valence electrons. The Morgan fingerprint density at radius 3 is 0.773 bits per heavy atom. The molecule has 0 amide bonds. The van der Waals surface area contributed by atoms with Crippen molar-refractivity contribution in [2.75, 3.05) is 39.6 Å². The smallest absolute Gasteiger partial charge is 0.218 e. The molecule has 30 heteroatoms. The van der Waals surface area contributed by atoms with E-state index < -0.39 is 222 Å². The van der Waals surface area contributed by atoms with Crippen molar-refractivity contribution in [2.24, 2.45) is 0 Å². The molecule has 4 bridgehead atoms. The second-order valence-electron chi connectivity index (χ2n) is 14.7. The minimum absolute atomic E-state index is 0.685. The molecule has 0 saturated carbocycles. The van der Waals surface area contributed by atoms with Crippen LogP contribution in [0, 0.1) is 0 Å². The van der Waals surface area contributed by atoms with Crippen molar-refractivity contribution in [1.29, 1.82) is 0 Å². The van der Waals surface area contributed by atoms with Crippen LogP contribution in [0.3, 0.4) is 0 Å². The van der Waals surface area contributed by atoms with Crippen LogP contribution in [0.25, 0.3) is 0 Å². The summed E-state index contributed by atoms with van der Waals surface area (Å²) in [5.41, 5.74) is 0. The summed E-state index contributed by atoms with van der Waals surface area (Å²) in [5.74, 6) is -11.9. The van der Waals surface area contributed by atoms with Crippen LogP contribution in [-0.2, 0) is 37.9 Å². The summed E-state index contributed by atoms with van der Waals surface area (Å²) in [6.45, 7) is -5.83. The fourth-order valence-electron chi connectivity index (χ4n) is 6.57. The summed E-state index contributed by atoms with van der Waals surface area (Å²) in [6, 6.07) is 0. The van der Waals surface area contributed by atoms with Crippen LogP contribution in [-0.4, -0.2) is 263 Å². The van der Waals surface area contributed by atoms with E-state index in [2.05, 4.69) is 0 Å². The zero-order valence-electron chi connectivity index (χ0n) is 34.6. The van der Waals surface area contributed by atoms with Crippen molar-refractivity contribution in [3.8, 4) is 0 Å². The molecule has 0 spiro atoms. The van der Waals surface area contributed by atoms with E-state index in [-0.39, 0.29) is 0 Å². The van der Waals surface area contributed by atoms with Gasteiger partial charge in [-0.25, -0.2) is 0 Å². The second-order valence-corrected chi connectivity index (χ2v) is 14.7. The Morgan fingerprint density at radius 2 is 0.530 bits per heavy atom. The monoisotopic (exact) mass is 972 g/mol. The Labute approximate surface area is 372 Å². The van der Waals surface area contributed by atoms with Crippen LogP contribution in [0.5, 0.6) is 0 Å². The number of hydrogen-bond donors (Lipinski definition) is 22. The van der Waals surface area contributed by atoms with E-state index in [1.807, 2.05) is 0 Å². The van der Waals surface area contributed by atoms with E-state index in [1.165, 1.54) is 0 Å². The van der Waals surface area contributed by atoms with Crippen molar-refractivity contribution >= 4 is 0 Å². The van der Waals surface area contributed by atoms with Gasteiger partial charge in [-0.1, -0.05) is 0 Å². The van der Waals surface area contributed by atoms with Crippen molar-refractivity contribution in [3.63, 3.8) is 0 Å². The molecule has 66 heavy (non-hydrogen) atoms. The normalized spacial score (nSPS) is 42.7. The molecule has 2 fully saturated rings. The van der Waals surface area contributed by atoms with Crippen LogP contribution in [0.4, 0.5) is 0 Å². The molecular weight excluding hydrogens is 912 g/mol. The first-order valence-corrected chi connectivity index (χ1v) is 19.9. The van der Waals surface area contributed by atoms with Crippen molar-refractivity contribution in [3.05, 3.63) is 46.1 Å². The molecule has 5 aliphatic heterocycles. The van der Waals surface area contributed by atoms with Crippen LogP contribution >= 0.6 is 0 Å². The van der Waals surface area contributed by atoms with E-state index in [4.69, 9.17) is 37.9 Å². The molecule has 18 unspecified atom stereocenters. The molecule has 0 aliphatic carbocycles. The van der Waals surface area contributed by atoms with Gasteiger partial charge in [0.05, 0.1) is 13.2 Å². The van der Waals surface area contributed by atoms with Crippen molar-refractivity contribution in [2.45, 2.75) is 137 Å². The lowest BCUT2D eigenvalue weighted by molar-refractivity contribution is -0.331. The first-order valence-electron chi connectivity index (χ1n) is 19.9. The predicted molar refractivity (Wildman–Crippen MR) is 205 cm³/mol. The Balaban J connectivity index is 2.17. The quantitative estimate of drug-likeness (QED) is 0.0967. The van der Waals surface area contributed by atoms with Gasteiger partial charge in [-0.15, -0.1) is 0 Å². The minimum Gasteiger partial charge on any atom is -0.506 e. The summed E-state index contributed by atoms with van der Waals surface area (Å²) >= 11 is 0. The Morgan fingerprint density at radius 1 is 0.288 bits per heavy atom. The molecule has 0 radical (unpaired) electrons. The lowest BCUT2D eigenvalue weighted by Gasteiger charge is -2.43. The number of ether oxygens (including phenoxy) is 8. The number of fused-ring (bicyclic) bond motifs is 2. The van der Waals surface area contributed by atoms with Crippen LogP contribution in [0.1, 0.15) is 25.7 Å². The molecule has 5 rings (SSSR count). The highest BCUT2D eigenvalue weighted by molar-refractivity contribution is 5.13. The third-order valence-corrected chi connectivity index (χ3v) is 10.2. The van der Waals surface area contributed by atoms with Crippen LogP contribution in [0.15, 0.2) is 46.1 Å². The molecule has 30 nitrogen and oxygen atoms in total. The number of aliphatic hydroxyl groups excluding tert-OH is 22. The van der Waals surface area contributed by atoms with Crippen LogP contribution in [0.2, 0.25) is 0 Å². The standard InChI is InChI=1S/C36H60O30/c37-5-1-11-17(43)23(49)31(55)60-12(2-6-38)18(44)25(51)33(57)65-29-15(9-41)64-36(28(54)21(29)47)62-14(4-8-40)20(46)26(52)34(58)66-30-16(10-42)63-35(27(53)22(30)48)61-13(3-7-39)19(45)24(50)32(56)59-11/h11-16,21-22,27-58H,1-10H2/b23-17?,24-19+,25-18+,26-20+. The average molecular weight is 973 g/mol. The summed E-state index contributed by atoms with van der Waals surface area (Å²) in [5, 5.41) is 231. The van der Waals surface area contributed by atoms with E-state index in [9.17, 15) is 112 Å². The molecular formula is C36H60O30. The van der Waals surface area contributed by atoms with Gasteiger partial charge < -0.3 is 150 Å². The number of aliphatic hydroxyl groups is 22. The molecule has 0 aromatic rings. The zero-order valence-corrected chi connectivity index (χ0v) is 34.6. The van der Waals surface area contributed by atoms with E-state index in [1.54, 1.807) is 0 Å². The van der Waals surface area contributed by atoms with Gasteiger partial charge in [-0.05, 0) is 0 Å². The minimum atomic E-state index is -2.77. The molecule has 2 saturated heterocycles. The Bertz CT molecular complexity index is 1620. The Hall–Kier alpha value is -3.52. The highest BCUT2D eigenvalue weighted by Crippen LogP contribution is 2.32. The summed E-state index contributed by atoms with van der Waals surface area (Å²) in [6.07, 6.45) is -43.3. The summed E-state index contributed by atoms with van der Waals surface area (Å²) < 4.78 is 42.1. The number of rotatable bonds is 10. The maximum atomic E-state index is 11.0. The molecule has 5 aliphatic rings. The third-order valence-electron chi connectivity index (χ3n) is 10.2. The largest absolute Gasteiger partial charge is 0.506 e. The van der Waals surface area contributed by atoms with Gasteiger partial charge >= 0.3 is 0 Å². The van der Waals surface area contributed by atoms with E-state index in [0.29, 0.717) is 0 Å².